The molecule has 0 aromatic heterocycles. The van der Waals surface area contributed by atoms with Crippen molar-refractivity contribution in [3.63, 3.8) is 0 Å². The maximum atomic E-state index is 6.15. The third-order valence-corrected chi connectivity index (χ3v) is 4.57. The molecule has 1 fully saturated rings. The Morgan fingerprint density at radius 3 is 2.90 bits per heavy atom. The molecule has 0 amide bonds. The smallest absolute Gasteiger partial charge is 0.191 e. The number of nitrogens with zero attached hydrogens (tertiary/aromatic N) is 2. The monoisotopic (exact) mass is 399 g/mol. The average Bonchev–Trinajstić information content (AvgIpc) is 2.92. The lowest BCUT2D eigenvalue weighted by Gasteiger charge is -2.31. The molecule has 116 valence electrons. The molecule has 3 nitrogen and oxygen atoms in total. The predicted molar refractivity (Wildman–Crippen MR) is 99.2 cm³/mol. The Labute approximate surface area is 145 Å². The van der Waals surface area contributed by atoms with E-state index in [1.165, 1.54) is 48.8 Å². The molecule has 21 heavy (non-hydrogen) atoms. The zero-order chi connectivity index (χ0) is 13.9. The molecular weight excluding hydrogens is 373 g/mol. The van der Waals surface area contributed by atoms with Gasteiger partial charge in [0.25, 0.3) is 0 Å². The summed E-state index contributed by atoms with van der Waals surface area (Å²) in [5.41, 5.74) is 10.5. The maximum absolute atomic E-state index is 6.15. The van der Waals surface area contributed by atoms with Gasteiger partial charge in [-0.2, -0.15) is 0 Å². The lowest BCUT2D eigenvalue weighted by Crippen LogP contribution is -2.43. The molecule has 3 rings (SSSR count). The van der Waals surface area contributed by atoms with E-state index in [-0.39, 0.29) is 24.0 Å². The number of fused-ring (bicyclic) bond motifs is 1. The summed E-state index contributed by atoms with van der Waals surface area (Å²) in [6.45, 7) is 5.12. The first-order chi connectivity index (χ1) is 9.72. The minimum atomic E-state index is 0. The second-order valence-corrected chi connectivity index (χ2v) is 6.32. The summed E-state index contributed by atoms with van der Waals surface area (Å²) in [4.78, 5) is 6.84. The standard InChI is InChI=1S/C17H25N3.HI/c1-13-4-3-9-20(12-13)17(18)19-11-14-7-8-15-5-2-6-16(15)10-14;/h7-8,10,13H,2-6,9,11-12H2,1H3,(H2,18,19);1H. The molecule has 0 radical (unpaired) electrons. The summed E-state index contributed by atoms with van der Waals surface area (Å²) >= 11 is 0. The molecule has 1 saturated heterocycles. The van der Waals surface area contributed by atoms with Crippen molar-refractivity contribution < 1.29 is 0 Å². The van der Waals surface area contributed by atoms with Gasteiger partial charge >= 0.3 is 0 Å². The molecule has 0 bridgehead atoms. The van der Waals surface area contributed by atoms with Crippen LogP contribution in [0.3, 0.4) is 0 Å². The van der Waals surface area contributed by atoms with Crippen molar-refractivity contribution in [3.8, 4) is 0 Å². The molecule has 1 atom stereocenters. The van der Waals surface area contributed by atoms with E-state index in [4.69, 9.17) is 5.73 Å². The van der Waals surface area contributed by atoms with E-state index in [0.717, 1.165) is 25.0 Å². The summed E-state index contributed by atoms with van der Waals surface area (Å²) in [6.07, 6.45) is 6.32. The minimum absolute atomic E-state index is 0. The Kier molecular flexibility index (Phi) is 5.90. The van der Waals surface area contributed by atoms with Gasteiger partial charge in [-0.1, -0.05) is 25.1 Å². The van der Waals surface area contributed by atoms with Crippen LogP contribution in [0.2, 0.25) is 0 Å². The van der Waals surface area contributed by atoms with Crippen LogP contribution >= 0.6 is 24.0 Å². The van der Waals surface area contributed by atoms with Gasteiger partial charge in [0.05, 0.1) is 6.54 Å². The number of hydrogen-bond acceptors (Lipinski definition) is 1. The van der Waals surface area contributed by atoms with Crippen molar-refractivity contribution in [1.29, 1.82) is 0 Å². The summed E-state index contributed by atoms with van der Waals surface area (Å²) in [5.74, 6) is 1.45. The average molecular weight is 399 g/mol. The van der Waals surface area contributed by atoms with Crippen molar-refractivity contribution in [2.75, 3.05) is 13.1 Å². The summed E-state index contributed by atoms with van der Waals surface area (Å²) in [5, 5.41) is 0. The third kappa shape index (κ3) is 4.11. The van der Waals surface area contributed by atoms with Gasteiger partial charge in [-0.05, 0) is 54.7 Å². The zero-order valence-corrected chi connectivity index (χ0v) is 15.2. The molecule has 0 saturated carbocycles. The van der Waals surface area contributed by atoms with Gasteiger partial charge in [-0.15, -0.1) is 24.0 Å². The number of aliphatic imine (C=N–C) groups is 1. The number of likely N-dealkylation sites (tertiary alicyclic amines) is 1. The molecule has 1 aromatic rings. The Balaban J connectivity index is 0.00000161. The van der Waals surface area contributed by atoms with Gasteiger partial charge in [0.1, 0.15) is 0 Å². The van der Waals surface area contributed by atoms with Crippen LogP contribution in [-0.2, 0) is 19.4 Å². The summed E-state index contributed by atoms with van der Waals surface area (Å²) in [7, 11) is 0. The van der Waals surface area contributed by atoms with Gasteiger partial charge < -0.3 is 10.6 Å². The van der Waals surface area contributed by atoms with E-state index in [0.29, 0.717) is 6.54 Å². The van der Waals surface area contributed by atoms with E-state index in [2.05, 4.69) is 35.0 Å². The van der Waals surface area contributed by atoms with Crippen LogP contribution in [0.4, 0.5) is 0 Å². The Hall–Kier alpha value is -0.780. The van der Waals surface area contributed by atoms with Gasteiger partial charge in [0.15, 0.2) is 5.96 Å². The highest BCUT2D eigenvalue weighted by Crippen LogP contribution is 2.23. The Morgan fingerprint density at radius 2 is 2.10 bits per heavy atom. The van der Waals surface area contributed by atoms with Crippen molar-refractivity contribution in [1.82, 2.24) is 4.90 Å². The SMILES string of the molecule is CC1CCCN(C(N)=NCc2ccc3c(c2)CCC3)C1.I. The molecular formula is C17H26IN3. The normalized spacial score (nSPS) is 21.9. The topological polar surface area (TPSA) is 41.6 Å². The first-order valence-corrected chi connectivity index (χ1v) is 7.88. The molecule has 1 aliphatic heterocycles. The van der Waals surface area contributed by atoms with Crippen LogP contribution in [0.15, 0.2) is 23.2 Å². The van der Waals surface area contributed by atoms with Crippen LogP contribution in [0.1, 0.15) is 42.9 Å². The third-order valence-electron chi connectivity index (χ3n) is 4.57. The highest BCUT2D eigenvalue weighted by atomic mass is 127. The van der Waals surface area contributed by atoms with E-state index < -0.39 is 0 Å². The lowest BCUT2D eigenvalue weighted by molar-refractivity contribution is 0.270. The molecule has 2 N–H and O–H groups in total. The molecule has 1 aromatic carbocycles. The first kappa shape index (κ1) is 16.6. The van der Waals surface area contributed by atoms with Crippen molar-refractivity contribution in [3.05, 3.63) is 34.9 Å². The van der Waals surface area contributed by atoms with E-state index in [1.807, 2.05) is 0 Å². The molecule has 2 aliphatic rings. The fraction of sp³-hybridized carbons (Fsp3) is 0.588. The number of piperidine rings is 1. The van der Waals surface area contributed by atoms with E-state index >= 15 is 0 Å². The molecule has 1 aliphatic carbocycles. The van der Waals surface area contributed by atoms with Crippen molar-refractivity contribution in [2.24, 2.45) is 16.6 Å². The van der Waals surface area contributed by atoms with Crippen molar-refractivity contribution in [2.45, 2.75) is 45.6 Å². The lowest BCUT2D eigenvalue weighted by atomic mass is 10.0. The second kappa shape index (κ2) is 7.47. The van der Waals surface area contributed by atoms with E-state index in [1.54, 1.807) is 0 Å². The minimum Gasteiger partial charge on any atom is -0.370 e. The van der Waals surface area contributed by atoms with Gasteiger partial charge in [-0.3, -0.25) is 0 Å². The number of hydrogen-bond donors (Lipinski definition) is 1. The number of halogens is 1. The van der Waals surface area contributed by atoms with E-state index in [9.17, 15) is 0 Å². The fourth-order valence-electron chi connectivity index (χ4n) is 3.39. The maximum Gasteiger partial charge on any atom is 0.191 e. The first-order valence-electron chi connectivity index (χ1n) is 7.88. The van der Waals surface area contributed by atoms with Gasteiger partial charge in [0, 0.05) is 13.1 Å². The molecule has 0 spiro atoms. The summed E-state index contributed by atoms with van der Waals surface area (Å²) in [6, 6.07) is 6.80. The van der Waals surface area contributed by atoms with Gasteiger partial charge in [-0.25, -0.2) is 4.99 Å². The number of rotatable bonds is 2. The highest BCUT2D eigenvalue weighted by molar-refractivity contribution is 14.0. The molecule has 1 heterocycles. The highest BCUT2D eigenvalue weighted by Gasteiger charge is 2.17. The number of aryl methyl sites for hydroxylation is 2. The Morgan fingerprint density at radius 1 is 1.29 bits per heavy atom. The number of nitrogens with two attached hydrogens (primary N) is 1. The van der Waals surface area contributed by atoms with Crippen LogP contribution in [0, 0.1) is 5.92 Å². The summed E-state index contributed by atoms with van der Waals surface area (Å²) < 4.78 is 0. The van der Waals surface area contributed by atoms with Crippen LogP contribution in [-0.4, -0.2) is 23.9 Å². The van der Waals surface area contributed by atoms with Crippen LogP contribution in [0.25, 0.3) is 0 Å². The second-order valence-electron chi connectivity index (χ2n) is 6.32. The Bertz CT molecular complexity index is 513. The number of guanidine groups is 1. The quantitative estimate of drug-likeness (QED) is 0.471. The van der Waals surface area contributed by atoms with Crippen molar-refractivity contribution >= 4 is 29.9 Å². The van der Waals surface area contributed by atoms with Gasteiger partial charge in [0.2, 0.25) is 0 Å². The van der Waals surface area contributed by atoms with Crippen LogP contribution in [0.5, 0.6) is 0 Å². The zero-order valence-electron chi connectivity index (χ0n) is 12.8. The fourth-order valence-corrected chi connectivity index (χ4v) is 3.39. The molecule has 4 heteroatoms. The predicted octanol–water partition coefficient (Wildman–Crippen LogP) is 3.34. The number of benzene rings is 1. The molecule has 1 unspecified atom stereocenters. The largest absolute Gasteiger partial charge is 0.370 e. The van der Waals surface area contributed by atoms with Crippen LogP contribution < -0.4 is 5.73 Å².